The molecule has 1 saturated carbocycles. The Labute approximate surface area is 125 Å². The van der Waals surface area contributed by atoms with Crippen LogP contribution < -0.4 is 10.1 Å². The summed E-state index contributed by atoms with van der Waals surface area (Å²) in [4.78, 5) is 13.7. The van der Waals surface area contributed by atoms with Gasteiger partial charge in [-0.1, -0.05) is 11.6 Å². The van der Waals surface area contributed by atoms with E-state index in [4.69, 9.17) is 16.3 Å². The summed E-state index contributed by atoms with van der Waals surface area (Å²) in [5.41, 5.74) is 0.915. The van der Waals surface area contributed by atoms with Gasteiger partial charge in [0, 0.05) is 24.2 Å². The van der Waals surface area contributed by atoms with Crippen molar-refractivity contribution in [2.45, 2.75) is 19.4 Å². The lowest BCUT2D eigenvalue weighted by Crippen LogP contribution is -2.35. The number of likely N-dealkylation sites (N-methyl/N-ethyl adjacent to an activating group) is 1. The molecule has 0 aliphatic heterocycles. The Hall–Kier alpha value is -1.26. The molecule has 20 heavy (non-hydrogen) atoms. The van der Waals surface area contributed by atoms with Gasteiger partial charge in [-0.2, -0.15) is 0 Å². The normalized spacial score (nSPS) is 14.2. The summed E-state index contributed by atoms with van der Waals surface area (Å²) in [5, 5.41) is 3.85. The van der Waals surface area contributed by atoms with E-state index in [9.17, 15) is 4.79 Å². The van der Waals surface area contributed by atoms with Gasteiger partial charge >= 0.3 is 0 Å². The molecule has 5 heteroatoms. The lowest BCUT2D eigenvalue weighted by atomic mass is 10.2. The highest BCUT2D eigenvalue weighted by molar-refractivity contribution is 6.30. The first-order valence-corrected chi connectivity index (χ1v) is 7.25. The van der Waals surface area contributed by atoms with Gasteiger partial charge in [0.25, 0.3) is 0 Å². The van der Waals surface area contributed by atoms with Gasteiger partial charge in [-0.05, 0) is 43.5 Å². The van der Waals surface area contributed by atoms with Crippen molar-refractivity contribution < 1.29 is 9.53 Å². The Morgan fingerprint density at radius 2 is 2.25 bits per heavy atom. The summed E-state index contributed by atoms with van der Waals surface area (Å²) >= 11 is 5.99. The zero-order chi connectivity index (χ0) is 14.5. The van der Waals surface area contributed by atoms with Crippen LogP contribution in [0.15, 0.2) is 18.2 Å². The second kappa shape index (κ2) is 6.95. The first kappa shape index (κ1) is 15.1. The zero-order valence-corrected chi connectivity index (χ0v) is 12.7. The van der Waals surface area contributed by atoms with Gasteiger partial charge in [0.15, 0.2) is 0 Å². The molecule has 2 rings (SSSR count). The standard InChI is InChI=1S/C15H21ClN2O2/c1-18(15(19)9-17-8-11-3-4-11)10-12-7-13(16)5-6-14(12)20-2/h5-7,11,17H,3-4,8-10H2,1-2H3. The Balaban J connectivity index is 1.87. The number of nitrogens with zero attached hydrogens (tertiary/aromatic N) is 1. The summed E-state index contributed by atoms with van der Waals surface area (Å²) in [6, 6.07) is 5.44. The Bertz CT molecular complexity index is 475. The molecule has 1 N–H and O–H groups in total. The van der Waals surface area contributed by atoms with Crippen molar-refractivity contribution in [3.63, 3.8) is 0 Å². The molecule has 110 valence electrons. The van der Waals surface area contributed by atoms with Crippen LogP contribution in [0.25, 0.3) is 0 Å². The van der Waals surface area contributed by atoms with Gasteiger partial charge < -0.3 is 15.0 Å². The summed E-state index contributed by atoms with van der Waals surface area (Å²) in [6.45, 7) is 1.82. The molecule has 0 radical (unpaired) electrons. The zero-order valence-electron chi connectivity index (χ0n) is 12.0. The maximum atomic E-state index is 12.0. The highest BCUT2D eigenvalue weighted by atomic mass is 35.5. The third-order valence-corrected chi connectivity index (χ3v) is 3.72. The van der Waals surface area contributed by atoms with E-state index in [1.807, 2.05) is 12.1 Å². The van der Waals surface area contributed by atoms with Crippen molar-refractivity contribution in [2.75, 3.05) is 27.2 Å². The van der Waals surface area contributed by atoms with Crippen LogP contribution in [-0.4, -0.2) is 38.1 Å². The maximum absolute atomic E-state index is 12.0. The number of carbonyl (C=O) groups is 1. The minimum Gasteiger partial charge on any atom is -0.496 e. The van der Waals surface area contributed by atoms with Gasteiger partial charge in [-0.15, -0.1) is 0 Å². The molecule has 0 unspecified atom stereocenters. The summed E-state index contributed by atoms with van der Waals surface area (Å²) < 4.78 is 5.29. The van der Waals surface area contributed by atoms with E-state index in [1.165, 1.54) is 12.8 Å². The van der Waals surface area contributed by atoms with E-state index in [2.05, 4.69) is 5.32 Å². The Morgan fingerprint density at radius 3 is 2.90 bits per heavy atom. The van der Waals surface area contributed by atoms with Crippen LogP contribution in [0, 0.1) is 5.92 Å². The number of carbonyl (C=O) groups excluding carboxylic acids is 1. The van der Waals surface area contributed by atoms with Crippen molar-refractivity contribution in [3.05, 3.63) is 28.8 Å². The molecule has 0 aromatic heterocycles. The first-order valence-electron chi connectivity index (χ1n) is 6.87. The van der Waals surface area contributed by atoms with Crippen molar-refractivity contribution in [3.8, 4) is 5.75 Å². The molecule has 0 spiro atoms. The number of nitrogens with one attached hydrogen (secondary N) is 1. The van der Waals surface area contributed by atoms with Crippen LogP contribution in [0.1, 0.15) is 18.4 Å². The van der Waals surface area contributed by atoms with Crippen LogP contribution in [0.5, 0.6) is 5.75 Å². The fourth-order valence-corrected chi connectivity index (χ4v) is 2.25. The van der Waals surface area contributed by atoms with E-state index in [0.717, 1.165) is 23.8 Å². The van der Waals surface area contributed by atoms with Crippen molar-refractivity contribution in [1.82, 2.24) is 10.2 Å². The molecule has 1 aliphatic carbocycles. The minimum atomic E-state index is 0.0766. The molecule has 1 aromatic rings. The van der Waals surface area contributed by atoms with Gasteiger partial charge in [-0.3, -0.25) is 4.79 Å². The quantitative estimate of drug-likeness (QED) is 0.839. The largest absolute Gasteiger partial charge is 0.496 e. The average Bonchev–Trinajstić information content (AvgIpc) is 3.23. The SMILES string of the molecule is COc1ccc(Cl)cc1CN(C)C(=O)CNCC1CC1. The number of ether oxygens (including phenoxy) is 1. The molecule has 1 amide bonds. The number of hydrogen-bond acceptors (Lipinski definition) is 3. The molecule has 0 heterocycles. The fraction of sp³-hybridized carbons (Fsp3) is 0.533. The molecule has 0 atom stereocenters. The third-order valence-electron chi connectivity index (χ3n) is 3.48. The lowest BCUT2D eigenvalue weighted by Gasteiger charge is -2.19. The predicted octanol–water partition coefficient (Wildman–Crippen LogP) is 2.31. The van der Waals surface area contributed by atoms with Crippen molar-refractivity contribution >= 4 is 17.5 Å². The molecule has 0 saturated heterocycles. The first-order chi connectivity index (χ1) is 9.60. The number of methoxy groups -OCH3 is 1. The minimum absolute atomic E-state index is 0.0766. The van der Waals surface area contributed by atoms with E-state index in [0.29, 0.717) is 18.1 Å². The number of benzene rings is 1. The second-order valence-electron chi connectivity index (χ2n) is 5.28. The molecule has 1 aromatic carbocycles. The Morgan fingerprint density at radius 1 is 1.50 bits per heavy atom. The summed E-state index contributed by atoms with van der Waals surface area (Å²) in [5.74, 6) is 1.61. The summed E-state index contributed by atoms with van der Waals surface area (Å²) in [6.07, 6.45) is 2.58. The number of amides is 1. The van der Waals surface area contributed by atoms with E-state index in [-0.39, 0.29) is 5.91 Å². The molecular formula is C15H21ClN2O2. The fourth-order valence-electron chi connectivity index (χ4n) is 2.05. The highest BCUT2D eigenvalue weighted by Crippen LogP contribution is 2.27. The van der Waals surface area contributed by atoms with Gasteiger partial charge in [0.2, 0.25) is 5.91 Å². The summed E-state index contributed by atoms with van der Waals surface area (Å²) in [7, 11) is 3.41. The topological polar surface area (TPSA) is 41.6 Å². The van der Waals surface area contributed by atoms with Crippen LogP contribution in [0.4, 0.5) is 0 Å². The molecule has 1 fully saturated rings. The monoisotopic (exact) mass is 296 g/mol. The van der Waals surface area contributed by atoms with Gasteiger partial charge in [-0.25, -0.2) is 0 Å². The van der Waals surface area contributed by atoms with Crippen LogP contribution in [-0.2, 0) is 11.3 Å². The van der Waals surface area contributed by atoms with Gasteiger partial charge in [0.1, 0.15) is 5.75 Å². The molecular weight excluding hydrogens is 276 g/mol. The van der Waals surface area contributed by atoms with E-state index >= 15 is 0 Å². The Kier molecular flexibility index (Phi) is 5.26. The molecule has 0 bridgehead atoms. The lowest BCUT2D eigenvalue weighted by molar-refractivity contribution is -0.129. The molecule has 4 nitrogen and oxygen atoms in total. The van der Waals surface area contributed by atoms with E-state index in [1.54, 1.807) is 25.1 Å². The highest BCUT2D eigenvalue weighted by Gasteiger charge is 2.21. The van der Waals surface area contributed by atoms with Crippen molar-refractivity contribution in [2.24, 2.45) is 5.92 Å². The molecule has 1 aliphatic rings. The van der Waals surface area contributed by atoms with Crippen LogP contribution in [0.2, 0.25) is 5.02 Å². The van der Waals surface area contributed by atoms with Crippen LogP contribution >= 0.6 is 11.6 Å². The predicted molar refractivity (Wildman–Crippen MR) is 80.1 cm³/mol. The van der Waals surface area contributed by atoms with E-state index < -0.39 is 0 Å². The average molecular weight is 297 g/mol. The van der Waals surface area contributed by atoms with Crippen LogP contribution in [0.3, 0.4) is 0 Å². The second-order valence-corrected chi connectivity index (χ2v) is 5.72. The number of rotatable bonds is 7. The third kappa shape index (κ3) is 4.39. The maximum Gasteiger partial charge on any atom is 0.236 e. The van der Waals surface area contributed by atoms with Gasteiger partial charge in [0.05, 0.1) is 13.7 Å². The van der Waals surface area contributed by atoms with Crippen molar-refractivity contribution in [1.29, 1.82) is 0 Å². The number of halogens is 1. The number of hydrogen-bond donors (Lipinski definition) is 1. The smallest absolute Gasteiger partial charge is 0.236 e.